The van der Waals surface area contributed by atoms with E-state index in [0.29, 0.717) is 19.3 Å². The molecule has 81 heavy (non-hydrogen) atoms. The van der Waals surface area contributed by atoms with Gasteiger partial charge in [0.05, 0.1) is 0 Å². The van der Waals surface area contributed by atoms with E-state index in [9.17, 15) is 14.4 Å². The molecule has 1 unspecified atom stereocenters. The number of esters is 3. The highest BCUT2D eigenvalue weighted by molar-refractivity contribution is 5.71. The normalized spacial score (nSPS) is 13.0. The third-order valence-electron chi connectivity index (χ3n) is 14.1. The van der Waals surface area contributed by atoms with Crippen LogP contribution in [-0.2, 0) is 28.6 Å². The Bertz CT molecular complexity index is 1720. The SMILES string of the molecule is CC/C=C\C/C=C\C/C=C\C/C=C\C/C=C\C/C=C\CCCCCCCCCCC(=O)OCC(COC(=O)CC/C=C\C/C=C\C/C=C\C/C=C\CC)OC(=O)CCCCCCCCCCCCC/C=C\CCCCCCCCCC. The van der Waals surface area contributed by atoms with Crippen LogP contribution in [0.5, 0.6) is 0 Å². The molecule has 0 bridgehead atoms. The van der Waals surface area contributed by atoms with Crippen molar-refractivity contribution >= 4 is 17.9 Å². The van der Waals surface area contributed by atoms with Gasteiger partial charge in [-0.1, -0.05) is 296 Å². The van der Waals surface area contributed by atoms with Gasteiger partial charge in [0.15, 0.2) is 6.10 Å². The molecule has 6 nitrogen and oxygen atoms in total. The second-order valence-electron chi connectivity index (χ2n) is 22.0. The number of rotatable bonds is 60. The van der Waals surface area contributed by atoms with Gasteiger partial charge < -0.3 is 14.2 Å². The largest absolute Gasteiger partial charge is 0.462 e. The lowest BCUT2D eigenvalue weighted by atomic mass is 10.0. The summed E-state index contributed by atoms with van der Waals surface area (Å²) in [6.07, 6.45) is 96.3. The highest BCUT2D eigenvalue weighted by Crippen LogP contribution is 2.16. The van der Waals surface area contributed by atoms with E-state index in [1.807, 2.05) is 6.08 Å². The maximum Gasteiger partial charge on any atom is 0.306 e. The van der Waals surface area contributed by atoms with Crippen LogP contribution in [0, 0.1) is 0 Å². The first-order valence-corrected chi connectivity index (χ1v) is 33.7. The fourth-order valence-electron chi connectivity index (χ4n) is 9.16. The van der Waals surface area contributed by atoms with Gasteiger partial charge in [-0.3, -0.25) is 14.4 Å². The lowest BCUT2D eigenvalue weighted by Crippen LogP contribution is -2.30. The summed E-state index contributed by atoms with van der Waals surface area (Å²) in [6.45, 7) is 6.36. The molecular weight excluding hydrogens is 997 g/mol. The number of ether oxygens (including phenoxy) is 3. The molecule has 0 amide bonds. The first-order valence-electron chi connectivity index (χ1n) is 33.7. The van der Waals surface area contributed by atoms with Crippen molar-refractivity contribution in [2.45, 2.75) is 309 Å². The first kappa shape index (κ1) is 76.5. The molecule has 0 N–H and O–H groups in total. The molecule has 0 spiro atoms. The van der Waals surface area contributed by atoms with E-state index in [1.54, 1.807) is 0 Å². The van der Waals surface area contributed by atoms with Crippen LogP contribution in [0.25, 0.3) is 0 Å². The van der Waals surface area contributed by atoms with Gasteiger partial charge in [-0.2, -0.15) is 0 Å². The second kappa shape index (κ2) is 68.1. The fourth-order valence-corrected chi connectivity index (χ4v) is 9.16. The van der Waals surface area contributed by atoms with Crippen LogP contribution in [0.15, 0.2) is 134 Å². The number of carbonyl (C=O) groups is 3. The Morgan fingerprint density at radius 1 is 0.259 bits per heavy atom. The highest BCUT2D eigenvalue weighted by atomic mass is 16.6. The number of carbonyl (C=O) groups excluding carboxylic acids is 3. The molecule has 0 aromatic carbocycles. The number of unbranched alkanes of at least 4 members (excludes halogenated alkanes) is 27. The van der Waals surface area contributed by atoms with E-state index in [2.05, 4.69) is 148 Å². The number of allylic oxidation sites excluding steroid dienone is 22. The van der Waals surface area contributed by atoms with Gasteiger partial charge in [0, 0.05) is 19.3 Å². The van der Waals surface area contributed by atoms with Crippen molar-refractivity contribution in [1.29, 1.82) is 0 Å². The summed E-state index contributed by atoms with van der Waals surface area (Å²) in [4.78, 5) is 38.3. The summed E-state index contributed by atoms with van der Waals surface area (Å²) in [6, 6.07) is 0. The van der Waals surface area contributed by atoms with Crippen molar-refractivity contribution in [2.75, 3.05) is 13.2 Å². The number of hydrogen-bond donors (Lipinski definition) is 0. The van der Waals surface area contributed by atoms with E-state index in [1.165, 1.54) is 148 Å². The minimum Gasteiger partial charge on any atom is -0.462 e. The van der Waals surface area contributed by atoms with Gasteiger partial charge in [0.1, 0.15) is 13.2 Å². The van der Waals surface area contributed by atoms with Crippen LogP contribution in [0.1, 0.15) is 303 Å². The highest BCUT2D eigenvalue weighted by Gasteiger charge is 2.19. The fraction of sp³-hybridized carbons (Fsp3) is 0.667. The summed E-state index contributed by atoms with van der Waals surface area (Å²) in [5.41, 5.74) is 0. The van der Waals surface area contributed by atoms with Gasteiger partial charge in [-0.25, -0.2) is 0 Å². The van der Waals surface area contributed by atoms with Gasteiger partial charge in [0.25, 0.3) is 0 Å². The standard InChI is InChI=1S/C75H124O6/c1-4-7-10-13-16-19-22-25-27-29-31-33-35-36-37-38-40-41-43-45-47-50-53-56-59-62-65-68-74(77)80-71-72(70-79-73(76)67-64-61-58-55-52-49-24-21-18-15-12-9-6-3)81-75(78)69-66-63-60-57-54-51-48-46-44-42-39-34-32-30-28-26-23-20-17-14-11-8-5-2/h7,9-10,12,16,18-19,21,25,27,30-33,36-37,40-41,49,52,58,61,72H,4-6,8,11,13-15,17,20,22-24,26,28-29,34-35,38-39,42-48,50-51,53-57,59-60,62-71H2,1-3H3/b10-7-,12-9-,19-16-,21-18-,27-25-,32-30-,33-31-,37-36-,41-40-,52-49-,61-58-. The second-order valence-corrected chi connectivity index (χ2v) is 22.0. The molecule has 0 aromatic rings. The molecule has 0 aliphatic rings. The summed E-state index contributed by atoms with van der Waals surface area (Å²) < 4.78 is 16.9. The zero-order valence-corrected chi connectivity index (χ0v) is 52.8. The van der Waals surface area contributed by atoms with E-state index < -0.39 is 6.10 Å². The minimum atomic E-state index is -0.816. The zero-order valence-electron chi connectivity index (χ0n) is 52.8. The van der Waals surface area contributed by atoms with Crippen LogP contribution in [0.3, 0.4) is 0 Å². The van der Waals surface area contributed by atoms with Crippen molar-refractivity contribution in [2.24, 2.45) is 0 Å². The average Bonchev–Trinajstić information content (AvgIpc) is 3.46. The molecule has 0 saturated heterocycles. The molecule has 0 aliphatic carbocycles. The Hall–Kier alpha value is -4.45. The molecule has 1 atom stereocenters. The first-order chi connectivity index (χ1) is 40.0. The average molecular weight is 1120 g/mol. The Balaban J connectivity index is 4.37. The van der Waals surface area contributed by atoms with Crippen LogP contribution in [-0.4, -0.2) is 37.2 Å². The van der Waals surface area contributed by atoms with E-state index in [0.717, 1.165) is 109 Å². The number of hydrogen-bond acceptors (Lipinski definition) is 6. The van der Waals surface area contributed by atoms with Crippen molar-refractivity contribution in [3.8, 4) is 0 Å². The summed E-state index contributed by atoms with van der Waals surface area (Å²) in [7, 11) is 0. The maximum absolute atomic E-state index is 12.9. The minimum absolute atomic E-state index is 0.107. The molecule has 0 aliphatic heterocycles. The lowest BCUT2D eigenvalue weighted by molar-refractivity contribution is -0.166. The summed E-state index contributed by atoms with van der Waals surface area (Å²) >= 11 is 0. The molecular formula is C75H124O6. The van der Waals surface area contributed by atoms with Gasteiger partial charge in [-0.15, -0.1) is 0 Å². The molecule has 0 radical (unpaired) electrons. The lowest BCUT2D eigenvalue weighted by Gasteiger charge is -2.18. The predicted octanol–water partition coefficient (Wildman–Crippen LogP) is 23.3. The Morgan fingerprint density at radius 3 is 0.840 bits per heavy atom. The van der Waals surface area contributed by atoms with Crippen molar-refractivity contribution in [3.05, 3.63) is 134 Å². The van der Waals surface area contributed by atoms with Gasteiger partial charge in [0.2, 0.25) is 0 Å². The van der Waals surface area contributed by atoms with Gasteiger partial charge in [-0.05, 0) is 122 Å². The zero-order chi connectivity index (χ0) is 58.5. The van der Waals surface area contributed by atoms with Crippen LogP contribution in [0.2, 0.25) is 0 Å². The van der Waals surface area contributed by atoms with E-state index >= 15 is 0 Å². The van der Waals surface area contributed by atoms with Gasteiger partial charge >= 0.3 is 17.9 Å². The molecule has 0 heterocycles. The maximum atomic E-state index is 12.9. The quantitative estimate of drug-likeness (QED) is 0.0261. The monoisotopic (exact) mass is 1120 g/mol. The Labute approximate surface area is 500 Å². The molecule has 0 rings (SSSR count). The molecule has 0 aromatic heterocycles. The van der Waals surface area contributed by atoms with E-state index in [-0.39, 0.29) is 37.5 Å². The molecule has 0 saturated carbocycles. The summed E-state index contributed by atoms with van der Waals surface area (Å²) in [5, 5.41) is 0. The van der Waals surface area contributed by atoms with Crippen molar-refractivity contribution in [1.82, 2.24) is 0 Å². The third kappa shape index (κ3) is 66.2. The Morgan fingerprint density at radius 2 is 0.506 bits per heavy atom. The molecule has 460 valence electrons. The molecule has 6 heteroatoms. The molecule has 0 fully saturated rings. The third-order valence-corrected chi connectivity index (χ3v) is 14.1. The Kier molecular flexibility index (Phi) is 64.3. The van der Waals surface area contributed by atoms with Crippen LogP contribution in [0.4, 0.5) is 0 Å². The van der Waals surface area contributed by atoms with Crippen molar-refractivity contribution < 1.29 is 28.6 Å². The van der Waals surface area contributed by atoms with Crippen molar-refractivity contribution in [3.63, 3.8) is 0 Å². The van der Waals surface area contributed by atoms with Crippen LogP contribution >= 0.6 is 0 Å². The topological polar surface area (TPSA) is 78.9 Å². The predicted molar refractivity (Wildman–Crippen MR) is 353 cm³/mol. The van der Waals surface area contributed by atoms with Crippen LogP contribution < -0.4 is 0 Å². The smallest absolute Gasteiger partial charge is 0.306 e. The van der Waals surface area contributed by atoms with E-state index in [4.69, 9.17) is 14.2 Å². The summed E-state index contributed by atoms with van der Waals surface area (Å²) in [5.74, 6) is -0.995.